The maximum absolute atomic E-state index is 11.6. The molecule has 2 fully saturated rings. The molecule has 1 saturated carbocycles. The lowest BCUT2D eigenvalue weighted by atomic mass is 9.77. The van der Waals surface area contributed by atoms with Gasteiger partial charge in [-0.1, -0.05) is 11.3 Å². The lowest BCUT2D eigenvalue weighted by Crippen LogP contribution is -2.49. The van der Waals surface area contributed by atoms with Gasteiger partial charge < -0.3 is 19.7 Å². The second kappa shape index (κ2) is 7.06. The molecule has 0 unspecified atom stereocenters. The minimum atomic E-state index is -0.347. The number of carbonyl (C=O) groups is 2. The summed E-state index contributed by atoms with van der Waals surface area (Å²) in [5.41, 5.74) is 0. The smallest absolute Gasteiger partial charge is 0.349 e. The van der Waals surface area contributed by atoms with Crippen molar-refractivity contribution in [2.45, 2.75) is 31.9 Å². The van der Waals surface area contributed by atoms with Crippen LogP contribution in [0.15, 0.2) is 6.20 Å². The molecular formula is C16H23N3O4S. The molecule has 1 aromatic rings. The van der Waals surface area contributed by atoms with Gasteiger partial charge in [-0.05, 0) is 24.7 Å². The van der Waals surface area contributed by atoms with Crippen LogP contribution in [0.4, 0.5) is 5.13 Å². The first-order valence-electron chi connectivity index (χ1n) is 8.10. The van der Waals surface area contributed by atoms with Gasteiger partial charge in [0.05, 0.1) is 25.5 Å². The molecule has 0 bridgehead atoms. The number of ether oxygens (including phenoxy) is 2. The third-order valence-electron chi connectivity index (χ3n) is 4.96. The fraction of sp³-hybridized carbons (Fsp3) is 0.688. The summed E-state index contributed by atoms with van der Waals surface area (Å²) in [6.07, 6.45) is 3.47. The number of nitrogens with zero attached hydrogens (tertiary/aromatic N) is 2. The van der Waals surface area contributed by atoms with E-state index in [1.54, 1.807) is 20.2 Å². The van der Waals surface area contributed by atoms with Gasteiger partial charge in [-0.25, -0.2) is 9.78 Å². The van der Waals surface area contributed by atoms with E-state index in [0.29, 0.717) is 16.7 Å². The van der Waals surface area contributed by atoms with Gasteiger partial charge in [-0.15, -0.1) is 0 Å². The monoisotopic (exact) mass is 353 g/mol. The highest BCUT2D eigenvalue weighted by Gasteiger charge is 2.43. The van der Waals surface area contributed by atoms with Crippen LogP contribution >= 0.6 is 11.3 Å². The van der Waals surface area contributed by atoms with E-state index in [1.807, 2.05) is 0 Å². The van der Waals surface area contributed by atoms with Crippen molar-refractivity contribution in [1.29, 1.82) is 0 Å². The van der Waals surface area contributed by atoms with Crippen LogP contribution in [-0.4, -0.2) is 56.3 Å². The summed E-state index contributed by atoms with van der Waals surface area (Å²) in [7, 11) is 3.08. The van der Waals surface area contributed by atoms with E-state index < -0.39 is 0 Å². The highest BCUT2D eigenvalue weighted by Crippen LogP contribution is 2.40. The molecule has 1 amide bonds. The molecule has 2 aliphatic rings. The van der Waals surface area contributed by atoms with Gasteiger partial charge in [0.2, 0.25) is 5.91 Å². The van der Waals surface area contributed by atoms with Crippen molar-refractivity contribution in [1.82, 2.24) is 10.3 Å². The Hall–Kier alpha value is -1.67. The Bertz CT molecular complexity index is 620. The van der Waals surface area contributed by atoms with Crippen molar-refractivity contribution in [2.75, 3.05) is 32.2 Å². The number of fused-ring (bicyclic) bond motifs is 1. The summed E-state index contributed by atoms with van der Waals surface area (Å²) in [6, 6.07) is 0.0654. The van der Waals surface area contributed by atoms with Gasteiger partial charge in [0.15, 0.2) is 5.13 Å². The maximum Gasteiger partial charge on any atom is 0.349 e. The van der Waals surface area contributed by atoms with Gasteiger partial charge in [-0.2, -0.15) is 0 Å². The molecule has 4 atom stereocenters. The van der Waals surface area contributed by atoms with Crippen LogP contribution in [0.3, 0.4) is 0 Å². The molecule has 1 aromatic heterocycles. The first-order valence-corrected chi connectivity index (χ1v) is 8.92. The number of thiazole rings is 1. The van der Waals surface area contributed by atoms with Crippen molar-refractivity contribution in [3.8, 4) is 0 Å². The first kappa shape index (κ1) is 17.2. The van der Waals surface area contributed by atoms with E-state index in [4.69, 9.17) is 9.47 Å². The van der Waals surface area contributed by atoms with Crippen LogP contribution in [0, 0.1) is 11.8 Å². The molecule has 1 aliphatic carbocycles. The fourth-order valence-electron chi connectivity index (χ4n) is 3.85. The minimum Gasteiger partial charge on any atom is -0.465 e. The summed E-state index contributed by atoms with van der Waals surface area (Å²) in [5.74, 6) is 0.655. The third kappa shape index (κ3) is 3.39. The van der Waals surface area contributed by atoms with E-state index in [1.165, 1.54) is 18.4 Å². The Morgan fingerprint density at radius 3 is 2.62 bits per heavy atom. The number of hydrogen-bond acceptors (Lipinski definition) is 7. The molecule has 1 N–H and O–H groups in total. The molecule has 1 saturated heterocycles. The number of hydrogen-bond donors (Lipinski definition) is 1. The summed E-state index contributed by atoms with van der Waals surface area (Å²) >= 11 is 1.37. The lowest BCUT2D eigenvalue weighted by Gasteiger charge is -2.37. The number of anilines is 1. The summed E-state index contributed by atoms with van der Waals surface area (Å²) in [4.78, 5) is 30.1. The zero-order chi connectivity index (χ0) is 17.3. The number of amides is 1. The number of carbonyl (C=O) groups excluding carboxylic acids is 2. The Balaban J connectivity index is 1.69. The van der Waals surface area contributed by atoms with Crippen LogP contribution < -0.4 is 10.2 Å². The summed E-state index contributed by atoms with van der Waals surface area (Å²) in [6.45, 7) is 3.35. The predicted molar refractivity (Wildman–Crippen MR) is 90.3 cm³/mol. The topological polar surface area (TPSA) is 80.8 Å². The van der Waals surface area contributed by atoms with E-state index >= 15 is 0 Å². The molecule has 0 aromatic carbocycles. The molecule has 7 nitrogen and oxygen atoms in total. The number of methoxy groups -OCH3 is 2. The van der Waals surface area contributed by atoms with Crippen molar-refractivity contribution in [3.05, 3.63) is 11.1 Å². The molecular weight excluding hydrogens is 330 g/mol. The molecule has 1 aliphatic heterocycles. The standard InChI is InChI=1S/C16H23N3O4S/c1-9(20)18-12-4-10-7-19(8-11(10)5-13(12)22-2)16-17-6-14(24-16)15(21)23-3/h6,10-13H,4-5,7-8H2,1-3H3,(H,18,20)/t10-,11+,12-,13-/m1/s1. The molecule has 0 spiro atoms. The van der Waals surface area contributed by atoms with Crippen LogP contribution in [0.25, 0.3) is 0 Å². The summed E-state index contributed by atoms with van der Waals surface area (Å²) < 4.78 is 10.3. The highest BCUT2D eigenvalue weighted by atomic mass is 32.1. The van der Waals surface area contributed by atoms with Crippen LogP contribution in [0.5, 0.6) is 0 Å². The zero-order valence-corrected chi connectivity index (χ0v) is 15.0. The largest absolute Gasteiger partial charge is 0.465 e. The quantitative estimate of drug-likeness (QED) is 0.822. The van der Waals surface area contributed by atoms with Gasteiger partial charge in [0, 0.05) is 27.1 Å². The highest BCUT2D eigenvalue weighted by molar-refractivity contribution is 7.17. The van der Waals surface area contributed by atoms with E-state index in [-0.39, 0.29) is 24.0 Å². The minimum absolute atomic E-state index is 0.0157. The fourth-order valence-corrected chi connectivity index (χ4v) is 4.70. The van der Waals surface area contributed by atoms with Crippen molar-refractivity contribution >= 4 is 28.3 Å². The van der Waals surface area contributed by atoms with Gasteiger partial charge >= 0.3 is 5.97 Å². The van der Waals surface area contributed by atoms with E-state index in [2.05, 4.69) is 15.2 Å². The van der Waals surface area contributed by atoms with Crippen LogP contribution in [0.2, 0.25) is 0 Å². The Kier molecular flexibility index (Phi) is 5.05. The molecule has 0 radical (unpaired) electrons. The van der Waals surface area contributed by atoms with Gasteiger partial charge in [0.1, 0.15) is 4.88 Å². The van der Waals surface area contributed by atoms with E-state index in [9.17, 15) is 9.59 Å². The lowest BCUT2D eigenvalue weighted by molar-refractivity contribution is -0.121. The number of aromatic nitrogens is 1. The molecule has 24 heavy (non-hydrogen) atoms. The number of nitrogens with one attached hydrogen (secondary N) is 1. The summed E-state index contributed by atoms with van der Waals surface area (Å²) in [5, 5.41) is 3.88. The Morgan fingerprint density at radius 2 is 2.00 bits per heavy atom. The van der Waals surface area contributed by atoms with E-state index in [0.717, 1.165) is 31.1 Å². The average molecular weight is 353 g/mol. The number of esters is 1. The second-order valence-corrected chi connectivity index (χ2v) is 7.49. The molecule has 8 heteroatoms. The Labute approximate surface area is 145 Å². The van der Waals surface area contributed by atoms with Gasteiger partial charge in [-0.3, -0.25) is 4.79 Å². The van der Waals surface area contributed by atoms with Gasteiger partial charge in [0.25, 0.3) is 0 Å². The van der Waals surface area contributed by atoms with Crippen molar-refractivity contribution < 1.29 is 19.1 Å². The Morgan fingerprint density at radius 1 is 1.29 bits per heavy atom. The van der Waals surface area contributed by atoms with Crippen molar-refractivity contribution in [3.63, 3.8) is 0 Å². The van der Waals surface area contributed by atoms with Crippen LogP contribution in [0.1, 0.15) is 29.4 Å². The normalized spacial score (nSPS) is 29.2. The average Bonchev–Trinajstić information content (AvgIpc) is 3.18. The SMILES string of the molecule is COC(=O)c1cnc(N2C[C@H]3C[C@@H](NC(C)=O)[C@H](OC)C[C@H]3C2)s1. The second-order valence-electron chi connectivity index (χ2n) is 6.48. The zero-order valence-electron chi connectivity index (χ0n) is 14.2. The van der Waals surface area contributed by atoms with Crippen LogP contribution in [-0.2, 0) is 14.3 Å². The first-order chi connectivity index (χ1) is 11.5. The predicted octanol–water partition coefficient (Wildman–Crippen LogP) is 1.30. The number of rotatable bonds is 4. The third-order valence-corrected chi connectivity index (χ3v) is 6.00. The molecule has 2 heterocycles. The molecule has 132 valence electrons. The van der Waals surface area contributed by atoms with Crippen molar-refractivity contribution in [2.24, 2.45) is 11.8 Å². The maximum atomic E-state index is 11.6. The molecule has 3 rings (SSSR count).